The van der Waals surface area contributed by atoms with Gasteiger partial charge < -0.3 is 19.5 Å². The van der Waals surface area contributed by atoms with Gasteiger partial charge in [-0.3, -0.25) is 4.79 Å². The minimum absolute atomic E-state index is 0.104. The van der Waals surface area contributed by atoms with Crippen LogP contribution in [0.5, 0.6) is 0 Å². The van der Waals surface area contributed by atoms with Crippen molar-refractivity contribution in [3.8, 4) is 0 Å². The van der Waals surface area contributed by atoms with Crippen LogP contribution in [0.3, 0.4) is 0 Å². The first kappa shape index (κ1) is 14.1. The zero-order valence-corrected chi connectivity index (χ0v) is 11.3. The highest BCUT2D eigenvalue weighted by atomic mass is 16.3. The van der Waals surface area contributed by atoms with Crippen molar-refractivity contribution in [1.29, 1.82) is 0 Å². The van der Waals surface area contributed by atoms with E-state index in [0.717, 1.165) is 11.7 Å². The smallest absolute Gasteiger partial charge is 0.242 e. The van der Waals surface area contributed by atoms with Crippen LogP contribution in [0.15, 0.2) is 27.8 Å². The summed E-state index contributed by atoms with van der Waals surface area (Å²) in [6.07, 6.45) is 1.58. The average molecular weight is 252 g/mol. The van der Waals surface area contributed by atoms with Crippen LogP contribution in [0, 0.1) is 0 Å². The van der Waals surface area contributed by atoms with Crippen molar-refractivity contribution in [3.05, 3.63) is 24.2 Å². The van der Waals surface area contributed by atoms with Gasteiger partial charge in [0, 0.05) is 28.2 Å². The summed E-state index contributed by atoms with van der Waals surface area (Å²) in [6, 6.07) is 3.60. The Balaban J connectivity index is 2.42. The van der Waals surface area contributed by atoms with Crippen LogP contribution in [0.25, 0.3) is 0 Å². The van der Waals surface area contributed by atoms with Crippen molar-refractivity contribution < 1.29 is 9.21 Å². The van der Waals surface area contributed by atoms with E-state index in [2.05, 4.69) is 10.3 Å². The van der Waals surface area contributed by atoms with Crippen LogP contribution >= 0.6 is 0 Å². The lowest BCUT2D eigenvalue weighted by atomic mass is 10.4. The Labute approximate surface area is 107 Å². The molecule has 1 amide bonds. The van der Waals surface area contributed by atoms with Gasteiger partial charge in [-0.2, -0.15) is 0 Å². The molecule has 1 rings (SSSR count). The third kappa shape index (κ3) is 4.48. The molecule has 1 heterocycles. The third-order valence-corrected chi connectivity index (χ3v) is 2.20. The maximum atomic E-state index is 11.6. The lowest BCUT2D eigenvalue weighted by Crippen LogP contribution is -2.36. The molecule has 0 saturated heterocycles. The van der Waals surface area contributed by atoms with Crippen molar-refractivity contribution in [3.63, 3.8) is 0 Å². The Bertz CT molecular complexity index is 386. The van der Waals surface area contributed by atoms with Crippen molar-refractivity contribution in [1.82, 2.24) is 15.1 Å². The van der Waals surface area contributed by atoms with E-state index < -0.39 is 0 Å². The van der Waals surface area contributed by atoms with Crippen molar-refractivity contribution in [2.45, 2.75) is 6.54 Å². The molecule has 0 spiro atoms. The van der Waals surface area contributed by atoms with Crippen LogP contribution in [0.4, 0.5) is 0 Å². The number of hydrogen-bond donors (Lipinski definition) is 1. The highest BCUT2D eigenvalue weighted by Gasteiger charge is 2.06. The molecule has 0 saturated carbocycles. The van der Waals surface area contributed by atoms with Gasteiger partial charge in [-0.15, -0.1) is 0 Å². The summed E-state index contributed by atoms with van der Waals surface area (Å²) >= 11 is 0. The lowest BCUT2D eigenvalue weighted by molar-refractivity contribution is -0.119. The van der Waals surface area contributed by atoms with Gasteiger partial charge in [-0.1, -0.05) is 0 Å². The van der Waals surface area contributed by atoms with E-state index in [-0.39, 0.29) is 12.5 Å². The van der Waals surface area contributed by atoms with E-state index in [9.17, 15) is 4.79 Å². The largest absolute Gasteiger partial charge is 0.467 e. The Morgan fingerprint density at radius 1 is 1.33 bits per heavy atom. The van der Waals surface area contributed by atoms with E-state index >= 15 is 0 Å². The minimum Gasteiger partial charge on any atom is -0.467 e. The molecule has 1 aromatic heterocycles. The van der Waals surface area contributed by atoms with Crippen LogP contribution in [0.2, 0.25) is 0 Å². The molecule has 0 aliphatic rings. The van der Waals surface area contributed by atoms with Gasteiger partial charge in [0.1, 0.15) is 12.3 Å². The molecule has 6 heteroatoms. The molecule has 0 aromatic carbocycles. The lowest BCUT2D eigenvalue weighted by Gasteiger charge is -2.22. The molecule has 18 heavy (non-hydrogen) atoms. The number of guanidine groups is 1. The fourth-order valence-electron chi connectivity index (χ4n) is 1.48. The Morgan fingerprint density at radius 2 is 2.00 bits per heavy atom. The standard InChI is InChI=1S/C12H20N4O2/c1-15(2)12(16(3)4)14-9-11(17)13-8-10-6-5-7-18-10/h5-7H,8-9H2,1-4H3,(H,13,17). The number of rotatable bonds is 4. The molecule has 0 aliphatic heterocycles. The van der Waals surface area contributed by atoms with E-state index in [0.29, 0.717) is 6.54 Å². The predicted molar refractivity (Wildman–Crippen MR) is 70.2 cm³/mol. The van der Waals surface area contributed by atoms with E-state index in [1.54, 1.807) is 12.3 Å². The molecular weight excluding hydrogens is 232 g/mol. The summed E-state index contributed by atoms with van der Waals surface area (Å²) in [5.41, 5.74) is 0. The van der Waals surface area contributed by atoms with Crippen molar-refractivity contribution in [2.24, 2.45) is 4.99 Å². The quantitative estimate of drug-likeness (QED) is 0.621. The summed E-state index contributed by atoms with van der Waals surface area (Å²) in [5, 5.41) is 2.74. The van der Waals surface area contributed by atoms with Crippen molar-refractivity contribution >= 4 is 11.9 Å². The first-order chi connectivity index (χ1) is 8.50. The number of furan rings is 1. The van der Waals surface area contributed by atoms with Crippen LogP contribution in [0.1, 0.15) is 5.76 Å². The van der Waals surface area contributed by atoms with Crippen LogP contribution in [-0.2, 0) is 11.3 Å². The van der Waals surface area contributed by atoms with Crippen LogP contribution in [-0.4, -0.2) is 56.4 Å². The fourth-order valence-corrected chi connectivity index (χ4v) is 1.48. The number of nitrogens with one attached hydrogen (secondary N) is 1. The number of nitrogens with zero attached hydrogens (tertiary/aromatic N) is 3. The molecule has 6 nitrogen and oxygen atoms in total. The monoisotopic (exact) mass is 252 g/mol. The SMILES string of the molecule is CN(C)C(=NCC(=O)NCc1ccco1)N(C)C. The van der Waals surface area contributed by atoms with E-state index in [4.69, 9.17) is 4.42 Å². The molecule has 1 aromatic rings. The van der Waals surface area contributed by atoms with Gasteiger partial charge in [0.15, 0.2) is 5.96 Å². The van der Waals surface area contributed by atoms with Gasteiger partial charge in [0.25, 0.3) is 0 Å². The third-order valence-electron chi connectivity index (χ3n) is 2.20. The highest BCUT2D eigenvalue weighted by molar-refractivity contribution is 5.84. The first-order valence-electron chi connectivity index (χ1n) is 5.69. The second-order valence-corrected chi connectivity index (χ2v) is 4.26. The Morgan fingerprint density at radius 3 is 2.50 bits per heavy atom. The molecule has 0 bridgehead atoms. The van der Waals surface area contributed by atoms with Crippen molar-refractivity contribution in [2.75, 3.05) is 34.7 Å². The highest BCUT2D eigenvalue weighted by Crippen LogP contribution is 1.98. The molecule has 0 fully saturated rings. The number of carbonyl (C=O) groups is 1. The van der Waals surface area contributed by atoms with E-state index in [1.807, 2.05) is 44.1 Å². The second-order valence-electron chi connectivity index (χ2n) is 4.26. The Kier molecular flexibility index (Phi) is 5.23. The summed E-state index contributed by atoms with van der Waals surface area (Å²) in [4.78, 5) is 19.6. The van der Waals surface area contributed by atoms with Gasteiger partial charge in [0.05, 0.1) is 12.8 Å². The number of amides is 1. The molecule has 0 unspecified atom stereocenters. The zero-order chi connectivity index (χ0) is 13.5. The summed E-state index contributed by atoms with van der Waals surface area (Å²) in [7, 11) is 7.55. The van der Waals surface area contributed by atoms with Crippen LogP contribution < -0.4 is 5.32 Å². The summed E-state index contributed by atoms with van der Waals surface area (Å²) in [5.74, 6) is 1.35. The molecule has 0 radical (unpaired) electrons. The number of carbonyl (C=O) groups excluding carboxylic acids is 1. The van der Waals surface area contributed by atoms with Gasteiger partial charge in [-0.25, -0.2) is 4.99 Å². The van der Waals surface area contributed by atoms with Gasteiger partial charge >= 0.3 is 0 Å². The summed E-state index contributed by atoms with van der Waals surface area (Å²) < 4.78 is 5.12. The molecule has 0 atom stereocenters. The zero-order valence-electron chi connectivity index (χ0n) is 11.3. The Hall–Kier alpha value is -1.98. The average Bonchev–Trinajstić information content (AvgIpc) is 2.78. The maximum absolute atomic E-state index is 11.6. The molecule has 100 valence electrons. The predicted octanol–water partition coefficient (Wildman–Crippen LogP) is 0.375. The summed E-state index contributed by atoms with van der Waals surface area (Å²) in [6.45, 7) is 0.493. The fraction of sp³-hybridized carbons (Fsp3) is 0.500. The minimum atomic E-state index is -0.132. The number of aliphatic imine (C=N–C) groups is 1. The first-order valence-corrected chi connectivity index (χ1v) is 5.69. The maximum Gasteiger partial charge on any atom is 0.242 e. The van der Waals surface area contributed by atoms with Gasteiger partial charge in [0.2, 0.25) is 5.91 Å². The second kappa shape index (κ2) is 6.68. The molecule has 0 aliphatic carbocycles. The van der Waals surface area contributed by atoms with Gasteiger partial charge in [-0.05, 0) is 12.1 Å². The topological polar surface area (TPSA) is 61.1 Å². The number of hydrogen-bond acceptors (Lipinski definition) is 3. The normalized spacial score (nSPS) is 9.78. The van der Waals surface area contributed by atoms with E-state index in [1.165, 1.54) is 0 Å². The molecular formula is C12H20N4O2. The molecule has 1 N–H and O–H groups in total.